The summed E-state index contributed by atoms with van der Waals surface area (Å²) in [4.78, 5) is 4.80. The van der Waals surface area contributed by atoms with Crippen molar-refractivity contribution < 1.29 is 14.2 Å². The second-order valence-electron chi connectivity index (χ2n) is 11.0. The molecule has 0 atom stereocenters. The van der Waals surface area contributed by atoms with E-state index in [1.54, 1.807) is 7.11 Å². The second kappa shape index (κ2) is 12.4. The number of hydrogen-bond acceptors (Lipinski definition) is 6. The Morgan fingerprint density at radius 2 is 1.65 bits per heavy atom. The highest BCUT2D eigenvalue weighted by Gasteiger charge is 2.17. The molecule has 0 aliphatic heterocycles. The lowest BCUT2D eigenvalue weighted by Crippen LogP contribution is -2.22. The Morgan fingerprint density at radius 3 is 2.45 bits per heavy atom. The lowest BCUT2D eigenvalue weighted by Gasteiger charge is -2.15. The van der Waals surface area contributed by atoms with Crippen LogP contribution in [0.25, 0.3) is 22.3 Å². The highest BCUT2D eigenvalue weighted by atomic mass is 28.3. The second-order valence-corrected chi connectivity index (χ2v) is 16.6. The summed E-state index contributed by atoms with van der Waals surface area (Å²) in [5, 5.41) is 9.34. The van der Waals surface area contributed by atoms with Crippen LogP contribution in [0.1, 0.15) is 5.56 Å². The molecule has 0 saturated carbocycles. The number of pyridine rings is 1. The molecule has 0 aliphatic carbocycles. The molecule has 5 aromatic rings. The summed E-state index contributed by atoms with van der Waals surface area (Å²) in [7, 11) is 0.490. The first-order chi connectivity index (χ1) is 19.4. The van der Waals surface area contributed by atoms with Crippen LogP contribution in [0.15, 0.2) is 91.1 Å². The molecule has 0 aliphatic rings. The van der Waals surface area contributed by atoms with Gasteiger partial charge in [0, 0.05) is 37.4 Å². The van der Waals surface area contributed by atoms with E-state index in [1.165, 1.54) is 0 Å². The number of hydrogen-bond donors (Lipinski definition) is 1. The van der Waals surface area contributed by atoms with E-state index in [0.29, 0.717) is 19.9 Å². The molecule has 0 radical (unpaired) electrons. The summed E-state index contributed by atoms with van der Waals surface area (Å²) in [5.41, 5.74) is 5.46. The van der Waals surface area contributed by atoms with Crippen LogP contribution in [-0.2, 0) is 18.1 Å². The molecule has 40 heavy (non-hydrogen) atoms. The third-order valence-corrected chi connectivity index (χ3v) is 8.22. The normalized spacial score (nSPS) is 11.5. The average Bonchev–Trinajstić information content (AvgIpc) is 3.32. The molecule has 0 bridgehead atoms. The molecule has 8 heteroatoms. The van der Waals surface area contributed by atoms with Gasteiger partial charge < -0.3 is 19.5 Å². The Labute approximate surface area is 236 Å². The summed E-state index contributed by atoms with van der Waals surface area (Å²) in [6, 6.07) is 29.2. The number of fused-ring (bicyclic) bond motifs is 1. The first kappa shape index (κ1) is 27.4. The molecular formula is C32H36N4O3Si. The van der Waals surface area contributed by atoms with E-state index in [1.807, 2.05) is 77.6 Å². The number of nitrogens with zero attached hydrogens (tertiary/aromatic N) is 3. The monoisotopic (exact) mass is 552 g/mol. The Hall–Kier alpha value is -4.14. The first-order valence-electron chi connectivity index (χ1n) is 13.5. The van der Waals surface area contributed by atoms with Crippen LogP contribution in [-0.4, -0.2) is 36.6 Å². The van der Waals surface area contributed by atoms with Crippen molar-refractivity contribution in [1.82, 2.24) is 14.8 Å². The average molecular weight is 553 g/mol. The van der Waals surface area contributed by atoms with Crippen molar-refractivity contribution in [2.75, 3.05) is 19.0 Å². The van der Waals surface area contributed by atoms with Crippen LogP contribution >= 0.6 is 0 Å². The fourth-order valence-electron chi connectivity index (χ4n) is 4.30. The Kier molecular flexibility index (Phi) is 8.47. The van der Waals surface area contributed by atoms with Crippen LogP contribution in [0.4, 0.5) is 11.4 Å². The number of methoxy groups -OCH3 is 1. The van der Waals surface area contributed by atoms with Crippen LogP contribution < -0.4 is 14.8 Å². The molecule has 0 amide bonds. The fourth-order valence-corrected chi connectivity index (χ4v) is 5.06. The molecule has 7 nitrogen and oxygen atoms in total. The lowest BCUT2D eigenvalue weighted by molar-refractivity contribution is 0.0814. The zero-order valence-electron chi connectivity index (χ0n) is 23.6. The van der Waals surface area contributed by atoms with E-state index in [-0.39, 0.29) is 0 Å². The topological polar surface area (TPSA) is 70.4 Å². The van der Waals surface area contributed by atoms with E-state index in [2.05, 4.69) is 43.2 Å². The van der Waals surface area contributed by atoms with Crippen LogP contribution in [0.5, 0.6) is 11.5 Å². The summed E-state index contributed by atoms with van der Waals surface area (Å²) in [6.45, 7) is 8.63. The van der Waals surface area contributed by atoms with Crippen molar-refractivity contribution >= 4 is 30.5 Å². The van der Waals surface area contributed by atoms with Crippen molar-refractivity contribution in [2.24, 2.45) is 0 Å². The molecule has 0 fully saturated rings. The van der Waals surface area contributed by atoms with E-state index < -0.39 is 8.07 Å². The van der Waals surface area contributed by atoms with Crippen LogP contribution in [0.2, 0.25) is 25.7 Å². The van der Waals surface area contributed by atoms with E-state index >= 15 is 0 Å². The standard InChI is InChI=1S/C32H36N4O3Si/c1-37-28-14-8-12-25(18-28)31-30-20-27(21-33-32(30)36(35-31)23-38-16-17-40(2,3)4)34-26-13-9-15-29(19-26)39-22-24-10-6-5-7-11-24/h5-15,18-21,34H,16-17,22-23H2,1-4H3. The van der Waals surface area contributed by atoms with E-state index in [0.717, 1.165) is 56.8 Å². The summed E-state index contributed by atoms with van der Waals surface area (Å²) in [5.74, 6) is 1.57. The predicted octanol–water partition coefficient (Wildman–Crippen LogP) is 7.74. The van der Waals surface area contributed by atoms with Gasteiger partial charge in [-0.15, -0.1) is 0 Å². The van der Waals surface area contributed by atoms with Crippen molar-refractivity contribution in [2.45, 2.75) is 39.0 Å². The van der Waals surface area contributed by atoms with E-state index in [4.69, 9.17) is 24.3 Å². The molecule has 1 N–H and O–H groups in total. The molecule has 5 rings (SSSR count). The summed E-state index contributed by atoms with van der Waals surface area (Å²) < 4.78 is 19.4. The van der Waals surface area contributed by atoms with Gasteiger partial charge in [-0.1, -0.05) is 68.2 Å². The molecular weight excluding hydrogens is 516 g/mol. The van der Waals surface area contributed by atoms with Crippen molar-refractivity contribution in [1.29, 1.82) is 0 Å². The van der Waals surface area contributed by atoms with Gasteiger partial charge >= 0.3 is 0 Å². The number of nitrogens with one attached hydrogen (secondary N) is 1. The number of benzene rings is 3. The largest absolute Gasteiger partial charge is 0.497 e. The molecule has 2 heterocycles. The summed E-state index contributed by atoms with van der Waals surface area (Å²) >= 11 is 0. The van der Waals surface area contributed by atoms with E-state index in [9.17, 15) is 0 Å². The number of rotatable bonds is 12. The van der Waals surface area contributed by atoms with Gasteiger partial charge in [-0.2, -0.15) is 5.10 Å². The maximum absolute atomic E-state index is 6.03. The minimum Gasteiger partial charge on any atom is -0.497 e. The van der Waals surface area contributed by atoms with Gasteiger partial charge in [0.15, 0.2) is 5.65 Å². The molecule has 0 saturated heterocycles. The smallest absolute Gasteiger partial charge is 0.160 e. The van der Waals surface area contributed by atoms with Gasteiger partial charge in [0.05, 0.1) is 19.0 Å². The van der Waals surface area contributed by atoms with Crippen LogP contribution in [0, 0.1) is 0 Å². The SMILES string of the molecule is COc1cccc(-c2nn(COCC[Si](C)(C)C)c3ncc(Nc4cccc(OCc5ccccc5)c4)cc23)c1. The maximum atomic E-state index is 6.03. The molecule has 0 unspecified atom stereocenters. The zero-order valence-corrected chi connectivity index (χ0v) is 24.6. The highest BCUT2D eigenvalue weighted by Crippen LogP contribution is 2.32. The molecule has 3 aromatic carbocycles. The Bertz CT molecular complexity index is 1560. The van der Waals surface area contributed by atoms with Gasteiger partial charge in [0.25, 0.3) is 0 Å². The fraction of sp³-hybridized carbons (Fsp3) is 0.250. The van der Waals surface area contributed by atoms with Crippen molar-refractivity contribution in [3.05, 3.63) is 96.7 Å². The number of anilines is 2. The number of ether oxygens (including phenoxy) is 3. The predicted molar refractivity (Wildman–Crippen MR) is 164 cm³/mol. The van der Waals surface area contributed by atoms with Gasteiger partial charge in [-0.05, 0) is 41.9 Å². The third-order valence-electron chi connectivity index (χ3n) is 6.51. The molecule has 2 aromatic heterocycles. The van der Waals surface area contributed by atoms with Crippen molar-refractivity contribution in [3.8, 4) is 22.8 Å². The third kappa shape index (κ3) is 7.08. The minimum atomic E-state index is -1.18. The first-order valence-corrected chi connectivity index (χ1v) is 17.2. The number of aromatic nitrogens is 3. The van der Waals surface area contributed by atoms with Gasteiger partial charge in [0.2, 0.25) is 0 Å². The molecule has 0 spiro atoms. The van der Waals surface area contributed by atoms with Gasteiger partial charge in [-0.3, -0.25) is 0 Å². The van der Waals surface area contributed by atoms with Gasteiger partial charge in [-0.25, -0.2) is 9.67 Å². The maximum Gasteiger partial charge on any atom is 0.160 e. The quantitative estimate of drug-likeness (QED) is 0.126. The Balaban J connectivity index is 1.40. The Morgan fingerprint density at radius 1 is 0.850 bits per heavy atom. The zero-order chi connectivity index (χ0) is 28.0. The molecule has 206 valence electrons. The summed E-state index contributed by atoms with van der Waals surface area (Å²) in [6.07, 6.45) is 1.83. The minimum absolute atomic E-state index is 0.353. The van der Waals surface area contributed by atoms with Crippen LogP contribution in [0.3, 0.4) is 0 Å². The van der Waals surface area contributed by atoms with Gasteiger partial charge in [0.1, 0.15) is 30.5 Å². The lowest BCUT2D eigenvalue weighted by atomic mass is 10.1. The highest BCUT2D eigenvalue weighted by molar-refractivity contribution is 6.76. The van der Waals surface area contributed by atoms with Crippen molar-refractivity contribution in [3.63, 3.8) is 0 Å².